The Morgan fingerprint density at radius 2 is 1.89 bits per heavy atom. The van der Waals surface area contributed by atoms with E-state index in [4.69, 9.17) is 0 Å². The monoisotopic (exact) mass is 267 g/mol. The SMILES string of the molecule is CCSc1ccc(C(=O)N(C)CC(C)(C)O)cc1. The maximum Gasteiger partial charge on any atom is 0.253 e. The number of benzene rings is 1. The van der Waals surface area contributed by atoms with Crippen molar-refractivity contribution in [2.45, 2.75) is 31.3 Å². The lowest BCUT2D eigenvalue weighted by molar-refractivity contribution is 0.0368. The maximum atomic E-state index is 12.1. The molecule has 1 amide bonds. The molecule has 3 nitrogen and oxygen atoms in total. The van der Waals surface area contributed by atoms with Crippen molar-refractivity contribution in [2.75, 3.05) is 19.3 Å². The summed E-state index contributed by atoms with van der Waals surface area (Å²) in [5, 5.41) is 9.70. The fourth-order valence-electron chi connectivity index (χ4n) is 1.73. The molecule has 4 heteroatoms. The Balaban J connectivity index is 2.72. The van der Waals surface area contributed by atoms with E-state index in [2.05, 4.69) is 6.92 Å². The highest BCUT2D eigenvalue weighted by Gasteiger charge is 2.20. The topological polar surface area (TPSA) is 40.5 Å². The fourth-order valence-corrected chi connectivity index (χ4v) is 2.39. The summed E-state index contributed by atoms with van der Waals surface area (Å²) in [6, 6.07) is 7.58. The minimum absolute atomic E-state index is 0.0647. The molecule has 0 saturated carbocycles. The van der Waals surface area contributed by atoms with Gasteiger partial charge in [-0.05, 0) is 43.9 Å². The second-order valence-electron chi connectivity index (χ2n) is 4.93. The van der Waals surface area contributed by atoms with E-state index in [9.17, 15) is 9.90 Å². The van der Waals surface area contributed by atoms with Gasteiger partial charge < -0.3 is 10.0 Å². The van der Waals surface area contributed by atoms with Gasteiger partial charge in [0.1, 0.15) is 0 Å². The van der Waals surface area contributed by atoms with Crippen LogP contribution in [0.3, 0.4) is 0 Å². The molecule has 0 aliphatic heterocycles. The molecule has 0 aliphatic carbocycles. The summed E-state index contributed by atoms with van der Waals surface area (Å²) in [5.41, 5.74) is -0.218. The molecule has 0 aromatic heterocycles. The lowest BCUT2D eigenvalue weighted by Gasteiger charge is -2.25. The number of hydrogen-bond donors (Lipinski definition) is 1. The Morgan fingerprint density at radius 1 is 1.33 bits per heavy atom. The summed E-state index contributed by atoms with van der Waals surface area (Å²) in [4.78, 5) is 14.8. The number of likely N-dealkylation sites (N-methyl/N-ethyl adjacent to an activating group) is 1. The summed E-state index contributed by atoms with van der Waals surface area (Å²) in [6.07, 6.45) is 0. The van der Waals surface area contributed by atoms with Gasteiger partial charge in [-0.25, -0.2) is 0 Å². The molecule has 0 fully saturated rings. The van der Waals surface area contributed by atoms with Crippen molar-refractivity contribution in [3.05, 3.63) is 29.8 Å². The number of thioether (sulfide) groups is 1. The van der Waals surface area contributed by atoms with Crippen LogP contribution in [0, 0.1) is 0 Å². The van der Waals surface area contributed by atoms with Crippen molar-refractivity contribution in [1.82, 2.24) is 4.90 Å². The normalized spacial score (nSPS) is 11.4. The second kappa shape index (κ2) is 6.25. The zero-order chi connectivity index (χ0) is 13.8. The van der Waals surface area contributed by atoms with Crippen LogP contribution in [-0.2, 0) is 0 Å². The number of hydrogen-bond acceptors (Lipinski definition) is 3. The molecule has 1 rings (SSSR count). The Labute approximate surface area is 113 Å². The van der Waals surface area contributed by atoms with E-state index in [0.29, 0.717) is 12.1 Å². The van der Waals surface area contributed by atoms with Crippen molar-refractivity contribution < 1.29 is 9.90 Å². The number of carbonyl (C=O) groups excluding carboxylic acids is 1. The molecular formula is C14H21NO2S. The smallest absolute Gasteiger partial charge is 0.253 e. The lowest BCUT2D eigenvalue weighted by atomic mass is 10.1. The maximum absolute atomic E-state index is 12.1. The van der Waals surface area contributed by atoms with Crippen LogP contribution < -0.4 is 0 Å². The molecule has 100 valence electrons. The lowest BCUT2D eigenvalue weighted by Crippen LogP contribution is -2.39. The third kappa shape index (κ3) is 4.70. The first-order valence-electron chi connectivity index (χ1n) is 6.04. The predicted molar refractivity (Wildman–Crippen MR) is 76.1 cm³/mol. The van der Waals surface area contributed by atoms with Gasteiger partial charge in [-0.3, -0.25) is 4.79 Å². The largest absolute Gasteiger partial charge is 0.389 e. The van der Waals surface area contributed by atoms with E-state index in [-0.39, 0.29) is 5.91 Å². The fraction of sp³-hybridized carbons (Fsp3) is 0.500. The molecule has 0 spiro atoms. The van der Waals surface area contributed by atoms with Gasteiger partial charge in [-0.15, -0.1) is 11.8 Å². The van der Waals surface area contributed by atoms with E-state index in [1.807, 2.05) is 24.3 Å². The minimum atomic E-state index is -0.873. The first-order chi connectivity index (χ1) is 8.33. The van der Waals surface area contributed by atoms with Gasteiger partial charge in [-0.2, -0.15) is 0 Å². The van der Waals surface area contributed by atoms with Gasteiger partial charge in [0, 0.05) is 24.1 Å². The van der Waals surface area contributed by atoms with Gasteiger partial charge >= 0.3 is 0 Å². The van der Waals surface area contributed by atoms with Crippen LogP contribution >= 0.6 is 11.8 Å². The molecule has 1 aromatic rings. The Morgan fingerprint density at radius 3 is 2.33 bits per heavy atom. The summed E-state index contributed by atoms with van der Waals surface area (Å²) in [6.45, 7) is 5.80. The van der Waals surface area contributed by atoms with Crippen LogP contribution in [0.1, 0.15) is 31.1 Å². The highest BCUT2D eigenvalue weighted by Crippen LogP contribution is 2.18. The molecule has 0 unspecified atom stereocenters. The van der Waals surface area contributed by atoms with Gasteiger partial charge in [0.2, 0.25) is 0 Å². The van der Waals surface area contributed by atoms with Crippen molar-refractivity contribution in [3.8, 4) is 0 Å². The summed E-state index contributed by atoms with van der Waals surface area (Å²) < 4.78 is 0. The summed E-state index contributed by atoms with van der Waals surface area (Å²) in [7, 11) is 1.70. The second-order valence-corrected chi connectivity index (χ2v) is 6.27. The molecule has 0 aliphatic rings. The third-order valence-electron chi connectivity index (χ3n) is 2.38. The summed E-state index contributed by atoms with van der Waals surface area (Å²) >= 11 is 1.75. The van der Waals surface area contributed by atoms with Gasteiger partial charge in [0.25, 0.3) is 5.91 Å². The highest BCUT2D eigenvalue weighted by atomic mass is 32.2. The van der Waals surface area contributed by atoms with Crippen molar-refractivity contribution in [1.29, 1.82) is 0 Å². The van der Waals surface area contributed by atoms with E-state index in [0.717, 1.165) is 5.75 Å². The average molecular weight is 267 g/mol. The molecule has 1 N–H and O–H groups in total. The number of carbonyl (C=O) groups is 1. The number of nitrogens with zero attached hydrogens (tertiary/aromatic N) is 1. The molecule has 0 bridgehead atoms. The van der Waals surface area contributed by atoms with Crippen LogP contribution in [0.2, 0.25) is 0 Å². The molecular weight excluding hydrogens is 246 g/mol. The quantitative estimate of drug-likeness (QED) is 0.834. The number of aliphatic hydroxyl groups is 1. The Hall–Kier alpha value is -1.00. The van der Waals surface area contributed by atoms with Crippen LogP contribution in [0.25, 0.3) is 0 Å². The highest BCUT2D eigenvalue weighted by molar-refractivity contribution is 7.99. The Bertz CT molecular complexity index is 395. The minimum Gasteiger partial charge on any atom is -0.389 e. The predicted octanol–water partition coefficient (Wildman–Crippen LogP) is 2.64. The van der Waals surface area contributed by atoms with Crippen LogP contribution in [-0.4, -0.2) is 40.9 Å². The van der Waals surface area contributed by atoms with E-state index < -0.39 is 5.60 Å². The molecule has 0 saturated heterocycles. The van der Waals surface area contributed by atoms with Crippen molar-refractivity contribution in [2.24, 2.45) is 0 Å². The molecule has 0 atom stereocenters. The number of rotatable bonds is 5. The van der Waals surface area contributed by atoms with Crippen molar-refractivity contribution in [3.63, 3.8) is 0 Å². The van der Waals surface area contributed by atoms with E-state index in [1.54, 1.807) is 37.6 Å². The standard InChI is InChI=1S/C14H21NO2S/c1-5-18-12-8-6-11(7-9-12)13(16)15(4)10-14(2,3)17/h6-9,17H,5,10H2,1-4H3. The average Bonchev–Trinajstić information content (AvgIpc) is 2.27. The third-order valence-corrected chi connectivity index (χ3v) is 3.28. The first kappa shape index (κ1) is 15.1. The first-order valence-corrected chi connectivity index (χ1v) is 7.03. The van der Waals surface area contributed by atoms with Crippen molar-refractivity contribution >= 4 is 17.7 Å². The summed E-state index contributed by atoms with van der Waals surface area (Å²) in [5.74, 6) is 0.955. The van der Waals surface area contributed by atoms with Gasteiger partial charge in [0.15, 0.2) is 0 Å². The van der Waals surface area contributed by atoms with Crippen LogP contribution in [0.5, 0.6) is 0 Å². The van der Waals surface area contributed by atoms with Gasteiger partial charge in [0.05, 0.1) is 5.60 Å². The van der Waals surface area contributed by atoms with E-state index >= 15 is 0 Å². The molecule has 18 heavy (non-hydrogen) atoms. The zero-order valence-corrected chi connectivity index (χ0v) is 12.3. The molecule has 0 radical (unpaired) electrons. The number of amides is 1. The molecule has 1 aromatic carbocycles. The van der Waals surface area contributed by atoms with Crippen LogP contribution in [0.4, 0.5) is 0 Å². The zero-order valence-electron chi connectivity index (χ0n) is 11.4. The van der Waals surface area contributed by atoms with Crippen LogP contribution in [0.15, 0.2) is 29.2 Å². The van der Waals surface area contributed by atoms with Gasteiger partial charge in [-0.1, -0.05) is 6.92 Å². The Kier molecular flexibility index (Phi) is 5.23. The molecule has 0 heterocycles. The van der Waals surface area contributed by atoms with E-state index in [1.165, 1.54) is 4.90 Å².